The Hall–Kier alpha value is -1.88. The molecule has 2 fully saturated rings. The van der Waals surface area contributed by atoms with Gasteiger partial charge in [-0.25, -0.2) is 0 Å². The van der Waals surface area contributed by atoms with Crippen LogP contribution in [-0.2, 0) is 0 Å². The van der Waals surface area contributed by atoms with Gasteiger partial charge in [0.1, 0.15) is 5.75 Å². The van der Waals surface area contributed by atoms with Crippen LogP contribution in [0.2, 0.25) is 0 Å². The summed E-state index contributed by atoms with van der Waals surface area (Å²) in [5, 5.41) is 7.55. The number of benzene rings is 1. The number of nitrogens with one attached hydrogen (secondary N) is 1. The molecule has 1 spiro atoms. The number of piperidine rings is 1. The molecule has 1 saturated heterocycles. The fourth-order valence-corrected chi connectivity index (χ4v) is 3.41. The summed E-state index contributed by atoms with van der Waals surface area (Å²) >= 11 is 0. The van der Waals surface area contributed by atoms with Crippen LogP contribution in [0, 0.1) is 5.41 Å². The van der Waals surface area contributed by atoms with Gasteiger partial charge >= 0.3 is 0 Å². The Morgan fingerprint density at radius 2 is 2.00 bits per heavy atom. The van der Waals surface area contributed by atoms with E-state index in [0.29, 0.717) is 17.2 Å². The molecule has 1 aliphatic carbocycles. The van der Waals surface area contributed by atoms with Gasteiger partial charge in [0.15, 0.2) is 0 Å². The smallest absolute Gasteiger partial charge is 0.230 e. The second-order valence-electron chi connectivity index (χ2n) is 6.05. The van der Waals surface area contributed by atoms with E-state index in [2.05, 4.69) is 15.5 Å². The molecule has 21 heavy (non-hydrogen) atoms. The highest BCUT2D eigenvalue weighted by atomic mass is 16.5. The molecule has 0 bridgehead atoms. The average Bonchev–Trinajstić information content (AvgIpc) is 3.01. The van der Waals surface area contributed by atoms with E-state index in [9.17, 15) is 0 Å². The lowest BCUT2D eigenvalue weighted by Crippen LogP contribution is -2.29. The standard InChI is InChI=1S/C16H19N3O2/c1-20-12-4-2-11(3-5-12)14-18-15(21-19-14)13-10-16(13)6-8-17-9-7-16/h2-5,13,17H,6-10H2,1H3. The first-order valence-corrected chi connectivity index (χ1v) is 7.49. The monoisotopic (exact) mass is 285 g/mol. The number of hydrogen-bond acceptors (Lipinski definition) is 5. The molecule has 5 heteroatoms. The first kappa shape index (κ1) is 12.8. The molecule has 2 aromatic rings. The predicted octanol–water partition coefficient (Wildman–Crippen LogP) is 2.60. The Labute approximate surface area is 123 Å². The third kappa shape index (κ3) is 2.21. The summed E-state index contributed by atoms with van der Waals surface area (Å²) in [6, 6.07) is 7.74. The SMILES string of the molecule is COc1ccc(-c2noc(C3CC34CCNCC4)n2)cc1. The fraction of sp³-hybridized carbons (Fsp3) is 0.500. The molecule has 2 heterocycles. The predicted molar refractivity (Wildman–Crippen MR) is 78.2 cm³/mol. The number of methoxy groups -OCH3 is 1. The number of hydrogen-bond donors (Lipinski definition) is 1. The van der Waals surface area contributed by atoms with E-state index in [4.69, 9.17) is 9.26 Å². The zero-order chi connectivity index (χ0) is 14.3. The van der Waals surface area contributed by atoms with Gasteiger partial charge in [0.25, 0.3) is 0 Å². The highest BCUT2D eigenvalue weighted by Gasteiger charge is 2.57. The van der Waals surface area contributed by atoms with Gasteiger partial charge in [-0.3, -0.25) is 0 Å². The summed E-state index contributed by atoms with van der Waals surface area (Å²) < 4.78 is 10.7. The molecule has 0 amide bonds. The molecule has 1 N–H and O–H groups in total. The summed E-state index contributed by atoms with van der Waals surface area (Å²) in [6.45, 7) is 2.21. The van der Waals surface area contributed by atoms with E-state index in [0.717, 1.165) is 30.3 Å². The average molecular weight is 285 g/mol. The Balaban J connectivity index is 1.53. The molecule has 1 aliphatic heterocycles. The van der Waals surface area contributed by atoms with E-state index in [1.54, 1.807) is 7.11 Å². The Morgan fingerprint density at radius 3 is 2.71 bits per heavy atom. The van der Waals surface area contributed by atoms with Gasteiger partial charge in [0, 0.05) is 11.5 Å². The van der Waals surface area contributed by atoms with Crippen molar-refractivity contribution in [2.75, 3.05) is 20.2 Å². The maximum absolute atomic E-state index is 5.51. The van der Waals surface area contributed by atoms with Crippen LogP contribution in [0.3, 0.4) is 0 Å². The number of ether oxygens (including phenoxy) is 1. The summed E-state index contributed by atoms with van der Waals surface area (Å²) in [5.74, 6) is 2.77. The van der Waals surface area contributed by atoms with Gasteiger partial charge in [-0.05, 0) is 62.0 Å². The highest BCUT2D eigenvalue weighted by Crippen LogP contribution is 2.63. The highest BCUT2D eigenvalue weighted by molar-refractivity contribution is 5.55. The summed E-state index contributed by atoms with van der Waals surface area (Å²) in [5.41, 5.74) is 1.39. The summed E-state index contributed by atoms with van der Waals surface area (Å²) in [7, 11) is 1.66. The normalized spacial score (nSPS) is 23.2. The molecule has 2 aliphatic rings. The van der Waals surface area contributed by atoms with Crippen LogP contribution >= 0.6 is 0 Å². The Morgan fingerprint density at radius 1 is 1.24 bits per heavy atom. The number of rotatable bonds is 3. The van der Waals surface area contributed by atoms with Gasteiger partial charge in [-0.2, -0.15) is 4.98 Å². The van der Waals surface area contributed by atoms with E-state index in [1.807, 2.05) is 24.3 Å². The first-order chi connectivity index (χ1) is 10.3. The second-order valence-corrected chi connectivity index (χ2v) is 6.05. The molecule has 0 radical (unpaired) electrons. The lowest BCUT2D eigenvalue weighted by atomic mass is 9.92. The van der Waals surface area contributed by atoms with E-state index in [-0.39, 0.29) is 0 Å². The van der Waals surface area contributed by atoms with Crippen molar-refractivity contribution < 1.29 is 9.26 Å². The van der Waals surface area contributed by atoms with Crippen molar-refractivity contribution in [1.29, 1.82) is 0 Å². The van der Waals surface area contributed by atoms with Crippen LogP contribution in [0.5, 0.6) is 5.75 Å². The van der Waals surface area contributed by atoms with E-state index in [1.165, 1.54) is 19.3 Å². The minimum Gasteiger partial charge on any atom is -0.497 e. The van der Waals surface area contributed by atoms with Crippen molar-refractivity contribution in [2.24, 2.45) is 5.41 Å². The molecule has 1 saturated carbocycles. The van der Waals surface area contributed by atoms with Crippen molar-refractivity contribution in [1.82, 2.24) is 15.5 Å². The molecule has 110 valence electrons. The Bertz CT molecular complexity index is 629. The van der Waals surface area contributed by atoms with Crippen molar-refractivity contribution in [2.45, 2.75) is 25.2 Å². The van der Waals surface area contributed by atoms with Gasteiger partial charge in [0.2, 0.25) is 11.7 Å². The van der Waals surface area contributed by atoms with Gasteiger partial charge in [0.05, 0.1) is 7.11 Å². The van der Waals surface area contributed by atoms with Gasteiger partial charge < -0.3 is 14.6 Å². The van der Waals surface area contributed by atoms with E-state index >= 15 is 0 Å². The third-order valence-electron chi connectivity index (χ3n) is 4.88. The van der Waals surface area contributed by atoms with Gasteiger partial charge in [-0.15, -0.1) is 0 Å². The van der Waals surface area contributed by atoms with Crippen LogP contribution in [0.25, 0.3) is 11.4 Å². The fourth-order valence-electron chi connectivity index (χ4n) is 3.41. The van der Waals surface area contributed by atoms with E-state index < -0.39 is 0 Å². The van der Waals surface area contributed by atoms with Crippen molar-refractivity contribution >= 4 is 0 Å². The maximum Gasteiger partial charge on any atom is 0.230 e. The quantitative estimate of drug-likeness (QED) is 0.939. The zero-order valence-corrected chi connectivity index (χ0v) is 12.1. The van der Waals surface area contributed by atoms with Gasteiger partial charge in [-0.1, -0.05) is 5.16 Å². The van der Waals surface area contributed by atoms with Crippen LogP contribution in [0.4, 0.5) is 0 Å². The van der Waals surface area contributed by atoms with Crippen LogP contribution in [0.15, 0.2) is 28.8 Å². The molecule has 1 unspecified atom stereocenters. The Kier molecular flexibility index (Phi) is 2.96. The van der Waals surface area contributed by atoms with Crippen LogP contribution < -0.4 is 10.1 Å². The van der Waals surface area contributed by atoms with Crippen LogP contribution in [0.1, 0.15) is 31.1 Å². The summed E-state index contributed by atoms with van der Waals surface area (Å²) in [4.78, 5) is 4.61. The zero-order valence-electron chi connectivity index (χ0n) is 12.1. The molecular weight excluding hydrogens is 266 g/mol. The van der Waals surface area contributed by atoms with Crippen molar-refractivity contribution in [3.63, 3.8) is 0 Å². The molecular formula is C16H19N3O2. The molecule has 1 aromatic carbocycles. The third-order valence-corrected chi connectivity index (χ3v) is 4.88. The maximum atomic E-state index is 5.51. The lowest BCUT2D eigenvalue weighted by molar-refractivity contribution is 0.311. The summed E-state index contributed by atoms with van der Waals surface area (Å²) in [6.07, 6.45) is 3.63. The first-order valence-electron chi connectivity index (χ1n) is 7.49. The minimum atomic E-state index is 0.426. The number of aromatic nitrogens is 2. The minimum absolute atomic E-state index is 0.426. The molecule has 1 aromatic heterocycles. The lowest BCUT2D eigenvalue weighted by Gasteiger charge is -2.22. The van der Waals surface area contributed by atoms with Crippen LogP contribution in [-0.4, -0.2) is 30.3 Å². The molecule has 4 rings (SSSR count). The topological polar surface area (TPSA) is 60.2 Å². The van der Waals surface area contributed by atoms with Crippen molar-refractivity contribution in [3.8, 4) is 17.1 Å². The van der Waals surface area contributed by atoms with Crippen molar-refractivity contribution in [3.05, 3.63) is 30.2 Å². The number of nitrogens with zero attached hydrogens (tertiary/aromatic N) is 2. The largest absolute Gasteiger partial charge is 0.497 e. The molecule has 5 nitrogen and oxygen atoms in total. The second kappa shape index (κ2) is 4.84. The molecule has 1 atom stereocenters.